The third-order valence-electron chi connectivity index (χ3n) is 3.72. The first-order valence-electron chi connectivity index (χ1n) is 7.87. The van der Waals surface area contributed by atoms with Crippen LogP contribution in [-0.4, -0.2) is 35.4 Å². The number of alkyl halides is 3. The molecule has 0 amide bonds. The second kappa shape index (κ2) is 8.22. The summed E-state index contributed by atoms with van der Waals surface area (Å²) in [5.74, 6) is -2.38. The summed E-state index contributed by atoms with van der Waals surface area (Å²) in [6.07, 6.45) is -6.36. The van der Waals surface area contributed by atoms with Crippen LogP contribution in [0.4, 0.5) is 17.6 Å². The molecule has 1 N–H and O–H groups in total. The maximum atomic E-state index is 14.6. The molecule has 5 nitrogen and oxygen atoms in total. The summed E-state index contributed by atoms with van der Waals surface area (Å²) >= 11 is 1.10. The number of hydrogen-bond acceptors (Lipinski definition) is 6. The van der Waals surface area contributed by atoms with Crippen LogP contribution in [0.15, 0.2) is 12.1 Å². The van der Waals surface area contributed by atoms with Crippen LogP contribution in [0, 0.1) is 5.82 Å². The van der Waals surface area contributed by atoms with E-state index in [1.54, 1.807) is 0 Å². The number of aromatic nitrogens is 1. The van der Waals surface area contributed by atoms with E-state index in [0.717, 1.165) is 42.4 Å². The molecule has 0 saturated carbocycles. The molecule has 1 atom stereocenters. The first-order chi connectivity index (χ1) is 12.6. The van der Waals surface area contributed by atoms with Gasteiger partial charge < -0.3 is 14.6 Å². The van der Waals surface area contributed by atoms with Crippen molar-refractivity contribution in [2.75, 3.05) is 7.11 Å². The van der Waals surface area contributed by atoms with Crippen LogP contribution in [0.25, 0.3) is 10.6 Å². The Morgan fingerprint density at radius 3 is 2.52 bits per heavy atom. The minimum absolute atomic E-state index is 0.133. The normalized spacial score (nSPS) is 12.7. The molecule has 0 aliphatic rings. The van der Waals surface area contributed by atoms with Gasteiger partial charge in [-0.05, 0) is 25.5 Å². The summed E-state index contributed by atoms with van der Waals surface area (Å²) in [4.78, 5) is 16.7. The number of hydrogen-bond donors (Lipinski definition) is 1. The van der Waals surface area contributed by atoms with Crippen LogP contribution in [0.3, 0.4) is 0 Å². The second-order valence-corrected chi connectivity index (χ2v) is 6.61. The number of benzene rings is 1. The molecule has 0 saturated heterocycles. The van der Waals surface area contributed by atoms with Gasteiger partial charge in [0.15, 0.2) is 6.10 Å². The zero-order valence-electron chi connectivity index (χ0n) is 14.7. The quantitative estimate of drug-likeness (QED) is 0.576. The molecular weight excluding hydrogens is 390 g/mol. The molecule has 1 aromatic carbocycles. The predicted octanol–water partition coefficient (Wildman–Crippen LogP) is 4.12. The van der Waals surface area contributed by atoms with Crippen LogP contribution >= 0.6 is 11.3 Å². The Bertz CT molecular complexity index is 814. The van der Waals surface area contributed by atoms with E-state index in [1.807, 2.05) is 6.92 Å². The van der Waals surface area contributed by atoms with Gasteiger partial charge in [0.05, 0.1) is 19.4 Å². The SMILES string of the molecule is CCc1sc(-c2cc(OC(C)C(F)(F)F)c(C(=O)OC)cc2F)nc1CO. The number of aliphatic hydroxyl groups is 1. The van der Waals surface area contributed by atoms with Gasteiger partial charge in [-0.1, -0.05) is 6.92 Å². The van der Waals surface area contributed by atoms with E-state index in [1.165, 1.54) is 0 Å². The van der Waals surface area contributed by atoms with Crippen LogP contribution < -0.4 is 4.74 Å². The molecule has 27 heavy (non-hydrogen) atoms. The highest BCUT2D eigenvalue weighted by atomic mass is 32.1. The van der Waals surface area contributed by atoms with Gasteiger partial charge in [0.25, 0.3) is 0 Å². The maximum absolute atomic E-state index is 14.6. The van der Waals surface area contributed by atoms with Gasteiger partial charge in [-0.2, -0.15) is 13.2 Å². The Labute approximate surface area is 156 Å². The van der Waals surface area contributed by atoms with Crippen molar-refractivity contribution in [1.29, 1.82) is 0 Å². The van der Waals surface area contributed by atoms with E-state index >= 15 is 0 Å². The van der Waals surface area contributed by atoms with Crippen LogP contribution in [0.5, 0.6) is 5.75 Å². The second-order valence-electron chi connectivity index (χ2n) is 5.52. The zero-order valence-corrected chi connectivity index (χ0v) is 15.5. The van der Waals surface area contributed by atoms with Gasteiger partial charge in [-0.15, -0.1) is 11.3 Å². The van der Waals surface area contributed by atoms with Gasteiger partial charge >= 0.3 is 12.1 Å². The van der Waals surface area contributed by atoms with E-state index in [9.17, 15) is 27.5 Å². The molecule has 1 heterocycles. The Morgan fingerprint density at radius 1 is 1.37 bits per heavy atom. The Kier molecular flexibility index (Phi) is 6.42. The number of thiazole rings is 1. The summed E-state index contributed by atoms with van der Waals surface area (Å²) in [6, 6.07) is 1.74. The highest BCUT2D eigenvalue weighted by molar-refractivity contribution is 7.15. The molecule has 2 aromatic rings. The Balaban J connectivity index is 2.58. The highest BCUT2D eigenvalue weighted by Crippen LogP contribution is 2.36. The van der Waals surface area contributed by atoms with Gasteiger partial charge in [0.2, 0.25) is 0 Å². The monoisotopic (exact) mass is 407 g/mol. The summed E-state index contributed by atoms with van der Waals surface area (Å²) < 4.78 is 62.5. The number of carbonyl (C=O) groups excluding carboxylic acids is 1. The topological polar surface area (TPSA) is 68.7 Å². The van der Waals surface area contributed by atoms with Crippen molar-refractivity contribution in [3.8, 4) is 16.3 Å². The van der Waals surface area contributed by atoms with Gasteiger partial charge in [0, 0.05) is 10.4 Å². The smallest absolute Gasteiger partial charge is 0.425 e. The molecule has 148 valence electrons. The standard InChI is InChI=1S/C17H17F4NO4S/c1-4-14-12(7-23)22-15(27-14)9-6-13(26-8(2)17(19,20)21)10(5-11(9)18)16(24)25-3/h5-6,8,23H,4,7H2,1-3H3. The van der Waals surface area contributed by atoms with Crippen LogP contribution in [0.1, 0.15) is 34.8 Å². The molecule has 0 fully saturated rings. The summed E-state index contributed by atoms with van der Waals surface area (Å²) in [5.41, 5.74) is -0.240. The molecule has 10 heteroatoms. The third kappa shape index (κ3) is 4.56. The molecular formula is C17H17F4NO4S. The fraction of sp³-hybridized carbons (Fsp3) is 0.412. The van der Waals surface area contributed by atoms with Crippen molar-refractivity contribution in [3.05, 3.63) is 34.1 Å². The van der Waals surface area contributed by atoms with E-state index < -0.39 is 35.4 Å². The molecule has 0 bridgehead atoms. The summed E-state index contributed by atoms with van der Waals surface area (Å²) in [7, 11) is 1.02. The molecule has 0 radical (unpaired) electrons. The number of ether oxygens (including phenoxy) is 2. The van der Waals surface area contributed by atoms with E-state index in [-0.39, 0.29) is 17.2 Å². The van der Waals surface area contributed by atoms with Crippen molar-refractivity contribution in [2.24, 2.45) is 0 Å². The van der Waals surface area contributed by atoms with Crippen molar-refractivity contribution in [3.63, 3.8) is 0 Å². The van der Waals surface area contributed by atoms with Crippen molar-refractivity contribution in [1.82, 2.24) is 4.98 Å². The lowest BCUT2D eigenvalue weighted by Crippen LogP contribution is -2.31. The fourth-order valence-electron chi connectivity index (χ4n) is 2.24. The lowest BCUT2D eigenvalue weighted by Gasteiger charge is -2.20. The average Bonchev–Trinajstić information content (AvgIpc) is 3.04. The van der Waals surface area contributed by atoms with Gasteiger partial charge in [0.1, 0.15) is 22.1 Å². The lowest BCUT2D eigenvalue weighted by atomic mass is 10.1. The minimum Gasteiger partial charge on any atom is -0.480 e. The van der Waals surface area contributed by atoms with Gasteiger partial charge in [-0.3, -0.25) is 0 Å². The third-order valence-corrected chi connectivity index (χ3v) is 4.99. The lowest BCUT2D eigenvalue weighted by molar-refractivity contribution is -0.189. The molecule has 1 unspecified atom stereocenters. The fourth-order valence-corrected chi connectivity index (χ4v) is 3.27. The minimum atomic E-state index is -4.68. The summed E-state index contributed by atoms with van der Waals surface area (Å²) in [5, 5.41) is 9.49. The molecule has 0 aliphatic carbocycles. The number of methoxy groups -OCH3 is 1. The maximum Gasteiger partial charge on any atom is 0.425 e. The highest BCUT2D eigenvalue weighted by Gasteiger charge is 2.39. The number of halogens is 4. The van der Waals surface area contributed by atoms with E-state index in [0.29, 0.717) is 12.1 Å². The zero-order chi connectivity index (χ0) is 20.4. The average molecular weight is 407 g/mol. The number of esters is 1. The Morgan fingerprint density at radius 2 is 2.04 bits per heavy atom. The number of nitrogens with zero attached hydrogens (tertiary/aromatic N) is 1. The predicted molar refractivity (Wildman–Crippen MR) is 90.3 cm³/mol. The molecule has 0 aliphatic heterocycles. The van der Waals surface area contributed by atoms with Crippen molar-refractivity contribution < 1.29 is 36.9 Å². The van der Waals surface area contributed by atoms with E-state index in [4.69, 9.17) is 4.74 Å². The Hall–Kier alpha value is -2.20. The number of aliphatic hydroxyl groups excluding tert-OH is 1. The van der Waals surface area contributed by atoms with E-state index in [2.05, 4.69) is 9.72 Å². The largest absolute Gasteiger partial charge is 0.480 e. The van der Waals surface area contributed by atoms with Gasteiger partial charge in [-0.25, -0.2) is 14.2 Å². The first kappa shape index (κ1) is 21.1. The molecule has 2 rings (SSSR count). The van der Waals surface area contributed by atoms with Crippen molar-refractivity contribution >= 4 is 17.3 Å². The van der Waals surface area contributed by atoms with Crippen LogP contribution in [0.2, 0.25) is 0 Å². The number of carbonyl (C=O) groups is 1. The number of rotatable bonds is 6. The molecule has 1 aromatic heterocycles. The van der Waals surface area contributed by atoms with Crippen molar-refractivity contribution in [2.45, 2.75) is 39.2 Å². The first-order valence-corrected chi connectivity index (χ1v) is 8.69. The number of aryl methyl sites for hydroxylation is 1. The summed E-state index contributed by atoms with van der Waals surface area (Å²) in [6.45, 7) is 2.25. The van der Waals surface area contributed by atoms with Crippen LogP contribution in [-0.2, 0) is 17.8 Å². The molecule has 0 spiro atoms.